The van der Waals surface area contributed by atoms with Crippen molar-refractivity contribution in [1.29, 1.82) is 0 Å². The van der Waals surface area contributed by atoms with Gasteiger partial charge in [0.15, 0.2) is 0 Å². The second-order valence-corrected chi connectivity index (χ2v) is 10.6. The summed E-state index contributed by atoms with van der Waals surface area (Å²) in [6.45, 7) is 1.34. The molecule has 0 unspecified atom stereocenters. The van der Waals surface area contributed by atoms with E-state index in [1.54, 1.807) is 12.1 Å². The van der Waals surface area contributed by atoms with Gasteiger partial charge in [-0.25, -0.2) is 4.79 Å². The molecule has 210 valence electrons. The summed E-state index contributed by atoms with van der Waals surface area (Å²) in [5, 5.41) is 17.3. The largest absolute Gasteiger partial charge is 0.573 e. The van der Waals surface area contributed by atoms with Crippen molar-refractivity contribution < 1.29 is 41.6 Å². The molecule has 2 aliphatic rings. The maximum Gasteiger partial charge on any atom is 0.573 e. The van der Waals surface area contributed by atoms with Gasteiger partial charge in [-0.05, 0) is 55.1 Å². The molecule has 14 heteroatoms. The average Bonchev–Trinajstić information content (AvgIpc) is 3.31. The molecule has 1 aliphatic carbocycles. The number of hydrogen-bond acceptors (Lipinski definition) is 10. The smallest absolute Gasteiger partial charge is 0.477 e. The van der Waals surface area contributed by atoms with Crippen molar-refractivity contribution in [3.8, 4) is 27.8 Å². The van der Waals surface area contributed by atoms with E-state index in [1.807, 2.05) is 4.90 Å². The van der Waals surface area contributed by atoms with Crippen molar-refractivity contribution >= 4 is 23.3 Å². The van der Waals surface area contributed by atoms with Gasteiger partial charge in [-0.3, -0.25) is 0 Å². The summed E-state index contributed by atoms with van der Waals surface area (Å²) in [6.07, 6.45) is -1.76. The highest BCUT2D eigenvalue weighted by Gasteiger charge is 2.36. The molecule has 0 amide bonds. The van der Waals surface area contributed by atoms with E-state index in [2.05, 4.69) is 20.0 Å². The van der Waals surface area contributed by atoms with Crippen LogP contribution in [-0.2, 0) is 11.3 Å². The molecular formula is C26H23F3N4O6S. The number of rotatable bonds is 9. The second-order valence-electron chi connectivity index (χ2n) is 9.56. The number of para-hydroxylation sites is 1. The van der Waals surface area contributed by atoms with Gasteiger partial charge in [0.25, 0.3) is 11.8 Å². The highest BCUT2D eigenvalue weighted by molar-refractivity contribution is 7.17. The third-order valence-electron chi connectivity index (χ3n) is 6.77. The number of carbonyl (C=O) groups is 1. The van der Waals surface area contributed by atoms with E-state index < -0.39 is 12.3 Å². The number of benzene rings is 1. The fourth-order valence-electron chi connectivity index (χ4n) is 4.65. The maximum absolute atomic E-state index is 13.0. The molecule has 4 aromatic rings. The lowest BCUT2D eigenvalue weighted by atomic mass is 10.0. The molecule has 1 N–H and O–H groups in total. The molecule has 1 saturated heterocycles. The normalized spacial score (nSPS) is 16.4. The van der Waals surface area contributed by atoms with Gasteiger partial charge in [0.1, 0.15) is 22.1 Å². The number of anilines is 1. The molecule has 1 saturated carbocycles. The lowest BCUT2D eigenvalue weighted by molar-refractivity contribution is -0.274. The predicted molar refractivity (Wildman–Crippen MR) is 135 cm³/mol. The maximum atomic E-state index is 13.0. The van der Waals surface area contributed by atoms with E-state index in [0.717, 1.165) is 24.2 Å². The second kappa shape index (κ2) is 10.6. The first kappa shape index (κ1) is 26.3. The van der Waals surface area contributed by atoms with Crippen LogP contribution in [0.1, 0.15) is 52.6 Å². The van der Waals surface area contributed by atoms with Gasteiger partial charge in [-0.2, -0.15) is 4.98 Å². The van der Waals surface area contributed by atoms with Gasteiger partial charge in [0.2, 0.25) is 0 Å². The Balaban J connectivity index is 1.11. The molecule has 0 bridgehead atoms. The third-order valence-corrected chi connectivity index (χ3v) is 7.83. The van der Waals surface area contributed by atoms with Crippen LogP contribution < -0.4 is 9.64 Å². The minimum atomic E-state index is -4.84. The van der Waals surface area contributed by atoms with Crippen molar-refractivity contribution in [3.63, 3.8) is 0 Å². The number of ether oxygens (including phenoxy) is 2. The van der Waals surface area contributed by atoms with E-state index in [4.69, 9.17) is 18.9 Å². The highest BCUT2D eigenvalue weighted by Crippen LogP contribution is 2.46. The summed E-state index contributed by atoms with van der Waals surface area (Å²) in [7, 11) is 0. The monoisotopic (exact) mass is 576 g/mol. The first-order valence-electron chi connectivity index (χ1n) is 12.6. The van der Waals surface area contributed by atoms with E-state index in [0.29, 0.717) is 48.1 Å². The van der Waals surface area contributed by atoms with Gasteiger partial charge in [-0.15, -0.1) is 24.5 Å². The van der Waals surface area contributed by atoms with Gasteiger partial charge in [0.05, 0.1) is 17.6 Å². The molecule has 4 heterocycles. The lowest BCUT2D eigenvalue weighted by Gasteiger charge is -2.30. The van der Waals surface area contributed by atoms with E-state index >= 15 is 0 Å². The van der Waals surface area contributed by atoms with Crippen LogP contribution >= 0.6 is 11.3 Å². The summed E-state index contributed by atoms with van der Waals surface area (Å²) in [5.41, 5.74) is 1.12. The van der Waals surface area contributed by atoms with Crippen molar-refractivity contribution in [2.75, 3.05) is 18.0 Å². The van der Waals surface area contributed by atoms with E-state index in [1.165, 1.54) is 24.3 Å². The number of alkyl halides is 3. The minimum Gasteiger partial charge on any atom is -0.477 e. The Hall–Kier alpha value is -3.91. The average molecular weight is 577 g/mol. The first-order valence-corrected chi connectivity index (χ1v) is 13.4. The predicted octanol–water partition coefficient (Wildman–Crippen LogP) is 6.11. The van der Waals surface area contributed by atoms with Crippen LogP contribution in [-0.4, -0.2) is 51.9 Å². The molecule has 0 radical (unpaired) electrons. The molecule has 0 spiro atoms. The number of carboxylic acids is 1. The summed E-state index contributed by atoms with van der Waals surface area (Å²) in [5.74, 6) is 0.138. The zero-order valence-electron chi connectivity index (χ0n) is 20.9. The highest BCUT2D eigenvalue weighted by atomic mass is 32.1. The van der Waals surface area contributed by atoms with Crippen LogP contribution in [0.5, 0.6) is 5.75 Å². The van der Waals surface area contributed by atoms with Crippen molar-refractivity contribution in [2.45, 2.75) is 50.7 Å². The van der Waals surface area contributed by atoms with Crippen molar-refractivity contribution in [3.05, 3.63) is 52.6 Å². The number of aromatic nitrogens is 3. The number of nitrogens with zero attached hydrogens (tertiary/aromatic N) is 4. The topological polar surface area (TPSA) is 124 Å². The van der Waals surface area contributed by atoms with Gasteiger partial charge >= 0.3 is 12.3 Å². The summed E-state index contributed by atoms with van der Waals surface area (Å²) < 4.78 is 60.4. The Kier molecular flexibility index (Phi) is 6.96. The Labute approximate surface area is 229 Å². The molecule has 2 fully saturated rings. The summed E-state index contributed by atoms with van der Waals surface area (Å²) >= 11 is 1.06. The van der Waals surface area contributed by atoms with E-state index in [9.17, 15) is 18.0 Å². The molecule has 0 atom stereocenters. The molecule has 40 heavy (non-hydrogen) atoms. The first-order chi connectivity index (χ1) is 19.2. The molecular weight excluding hydrogens is 553 g/mol. The number of carboxylic acid groups (broad SMARTS) is 1. The Morgan fingerprint density at radius 2 is 1.85 bits per heavy atom. The van der Waals surface area contributed by atoms with Gasteiger partial charge < -0.3 is 28.5 Å². The van der Waals surface area contributed by atoms with Crippen LogP contribution in [0.25, 0.3) is 22.0 Å². The van der Waals surface area contributed by atoms with E-state index in [-0.39, 0.29) is 46.4 Å². The Morgan fingerprint density at radius 3 is 2.55 bits per heavy atom. The van der Waals surface area contributed by atoms with Gasteiger partial charge in [-0.1, -0.05) is 17.3 Å². The third kappa shape index (κ3) is 5.68. The van der Waals surface area contributed by atoms with Crippen molar-refractivity contribution in [2.24, 2.45) is 0 Å². The molecule has 6 rings (SSSR count). The molecule has 3 aromatic heterocycles. The standard InChI is InChI=1S/C26H23F3N4O6S/c27-26(28,29)37-18-4-2-1-3-16(18)21-17(22(38-31-21)14-5-6-14)13-36-15-9-11-33(12-10-15)25-30-23(39-32-25)19-7-8-20(40-19)24(34)35/h1-4,7-8,14-15H,5-6,9-13H2,(H,34,35). The zero-order valence-corrected chi connectivity index (χ0v) is 21.7. The fourth-order valence-corrected chi connectivity index (χ4v) is 5.42. The number of piperidine rings is 1. The Bertz CT molecular complexity index is 1500. The summed E-state index contributed by atoms with van der Waals surface area (Å²) in [6, 6.07) is 8.99. The Morgan fingerprint density at radius 1 is 1.07 bits per heavy atom. The van der Waals surface area contributed by atoms with Crippen LogP contribution in [0, 0.1) is 0 Å². The molecule has 1 aliphatic heterocycles. The number of hydrogen-bond donors (Lipinski definition) is 1. The lowest BCUT2D eigenvalue weighted by Crippen LogP contribution is -2.37. The van der Waals surface area contributed by atoms with Crippen molar-refractivity contribution in [1.82, 2.24) is 15.3 Å². The molecule has 1 aromatic carbocycles. The minimum absolute atomic E-state index is 0.102. The number of aromatic carboxylic acids is 1. The quantitative estimate of drug-likeness (QED) is 0.249. The zero-order chi connectivity index (χ0) is 27.9. The fraction of sp³-hybridized carbons (Fsp3) is 0.385. The summed E-state index contributed by atoms with van der Waals surface area (Å²) in [4.78, 5) is 18.3. The molecule has 10 nitrogen and oxygen atoms in total. The number of thiophene rings is 1. The van der Waals surface area contributed by atoms with Crippen LogP contribution in [0.4, 0.5) is 19.1 Å². The number of halogens is 3. The van der Waals surface area contributed by atoms with Crippen LogP contribution in [0.15, 0.2) is 45.4 Å². The SMILES string of the molecule is O=C(O)c1ccc(-c2nc(N3CCC(OCc4c(-c5ccccc5OC(F)(F)F)noc4C4CC4)CC3)no2)s1. The van der Waals surface area contributed by atoms with Gasteiger partial charge in [0, 0.05) is 30.1 Å². The van der Waals surface area contributed by atoms with Crippen LogP contribution in [0.3, 0.4) is 0 Å². The van der Waals surface area contributed by atoms with Crippen LogP contribution in [0.2, 0.25) is 0 Å².